The number of benzene rings is 2. The van der Waals surface area contributed by atoms with Crippen LogP contribution in [-0.2, 0) is 0 Å². The van der Waals surface area contributed by atoms with Crippen molar-refractivity contribution < 1.29 is 0 Å². The number of nitrogens with one attached hydrogen (secondary N) is 1. The number of hydrogen-bond donors (Lipinski definition) is 1. The van der Waals surface area contributed by atoms with Gasteiger partial charge in [-0.15, -0.1) is 11.6 Å². The topological polar surface area (TPSA) is 24.4 Å². The zero-order chi connectivity index (χ0) is 15.4. The smallest absolute Gasteiger partial charge is 0.148 e. The molecule has 2 aromatic rings. The van der Waals surface area contributed by atoms with Crippen LogP contribution in [0.1, 0.15) is 10.9 Å². The fraction of sp³-hybridized carbons (Fsp3) is 0.0714. The molecule has 2 rings (SSSR count). The monoisotopic (exact) mass is 512 g/mol. The van der Waals surface area contributed by atoms with Gasteiger partial charge in [0, 0.05) is 13.4 Å². The quantitative estimate of drug-likeness (QED) is 0.267. The van der Waals surface area contributed by atoms with Gasteiger partial charge in [-0.25, -0.2) is 0 Å². The number of nitrogens with zero attached hydrogens (tertiary/aromatic N) is 1. The van der Waals surface area contributed by atoms with Crippen molar-refractivity contribution in [2.24, 2.45) is 5.10 Å². The molecule has 0 radical (unpaired) electrons. The van der Waals surface area contributed by atoms with Crippen molar-refractivity contribution in [1.29, 1.82) is 0 Å². The van der Waals surface area contributed by atoms with Gasteiger partial charge in [-0.05, 0) is 49.6 Å². The lowest BCUT2D eigenvalue weighted by molar-refractivity contribution is 1.24. The zero-order valence-corrected chi connectivity index (χ0v) is 16.7. The molecule has 1 unspecified atom stereocenters. The number of rotatable bonds is 4. The lowest BCUT2D eigenvalue weighted by Gasteiger charge is -2.10. The van der Waals surface area contributed by atoms with Crippen molar-refractivity contribution in [3.8, 4) is 0 Å². The molecule has 0 fully saturated rings. The summed E-state index contributed by atoms with van der Waals surface area (Å²) >= 11 is 22.8. The van der Waals surface area contributed by atoms with E-state index in [-0.39, 0.29) is 5.17 Å². The Morgan fingerprint density at radius 1 is 1.05 bits per heavy atom. The Labute approximate surface area is 158 Å². The molecule has 110 valence electrons. The normalized spacial score (nSPS) is 13.1. The summed E-state index contributed by atoms with van der Waals surface area (Å²) < 4.78 is 2.65. The molecular formula is C14H9Br3Cl2N2. The van der Waals surface area contributed by atoms with E-state index in [9.17, 15) is 0 Å². The first-order valence-electron chi connectivity index (χ1n) is 5.81. The standard InChI is InChI=1S/C14H9Br3Cl2N2/c15-9-6-10(16)13(11(17)7-9)20-21-14(19)12(18)8-4-2-1-3-5-8/h1-7,12,20H/b21-14-. The van der Waals surface area contributed by atoms with Crippen molar-refractivity contribution in [2.75, 3.05) is 5.43 Å². The average Bonchev–Trinajstić information content (AvgIpc) is 2.46. The maximum atomic E-state index is 6.29. The van der Waals surface area contributed by atoms with Crippen molar-refractivity contribution >= 4 is 81.8 Å². The number of hydrogen-bond acceptors (Lipinski definition) is 2. The van der Waals surface area contributed by atoms with Gasteiger partial charge in [0.25, 0.3) is 0 Å². The molecule has 0 spiro atoms. The van der Waals surface area contributed by atoms with Crippen molar-refractivity contribution in [3.63, 3.8) is 0 Å². The largest absolute Gasteiger partial charge is 0.275 e. The van der Waals surface area contributed by atoms with Gasteiger partial charge in [-0.1, -0.05) is 57.9 Å². The molecule has 0 bridgehead atoms. The van der Waals surface area contributed by atoms with E-state index in [0.29, 0.717) is 0 Å². The maximum absolute atomic E-state index is 6.29. The Morgan fingerprint density at radius 2 is 1.62 bits per heavy atom. The lowest BCUT2D eigenvalue weighted by atomic mass is 10.2. The van der Waals surface area contributed by atoms with E-state index in [0.717, 1.165) is 24.7 Å². The molecule has 1 N–H and O–H groups in total. The van der Waals surface area contributed by atoms with Gasteiger partial charge >= 0.3 is 0 Å². The highest BCUT2D eigenvalue weighted by molar-refractivity contribution is 9.11. The SMILES string of the molecule is Cl/C(=N\Nc1c(Br)cc(Br)cc1Br)C(Cl)c1ccccc1. The molecule has 0 heterocycles. The molecule has 2 aromatic carbocycles. The highest BCUT2D eigenvalue weighted by Crippen LogP contribution is 2.34. The summed E-state index contributed by atoms with van der Waals surface area (Å²) in [6.07, 6.45) is 0. The second kappa shape index (κ2) is 7.97. The van der Waals surface area contributed by atoms with Crippen LogP contribution in [0.25, 0.3) is 0 Å². The molecule has 0 aliphatic rings. The van der Waals surface area contributed by atoms with E-state index in [2.05, 4.69) is 58.3 Å². The van der Waals surface area contributed by atoms with Gasteiger partial charge < -0.3 is 0 Å². The predicted molar refractivity (Wildman–Crippen MR) is 101 cm³/mol. The van der Waals surface area contributed by atoms with Crippen LogP contribution in [0.15, 0.2) is 61.0 Å². The minimum absolute atomic E-state index is 0.268. The molecule has 0 amide bonds. The van der Waals surface area contributed by atoms with Crippen LogP contribution < -0.4 is 5.43 Å². The molecule has 0 aromatic heterocycles. The van der Waals surface area contributed by atoms with Gasteiger partial charge in [0.15, 0.2) is 0 Å². The molecule has 1 atom stereocenters. The third-order valence-corrected chi connectivity index (χ3v) is 5.16. The Balaban J connectivity index is 2.18. The van der Waals surface area contributed by atoms with Gasteiger partial charge in [0.2, 0.25) is 0 Å². The first-order valence-corrected chi connectivity index (χ1v) is 9.01. The Hall–Kier alpha value is -0.0700. The number of hydrazone groups is 1. The summed E-state index contributed by atoms with van der Waals surface area (Å²) in [5, 5.41) is 3.92. The van der Waals surface area contributed by atoms with Crippen LogP contribution in [0, 0.1) is 0 Å². The van der Waals surface area contributed by atoms with Gasteiger partial charge in [0.05, 0.1) is 5.69 Å². The van der Waals surface area contributed by atoms with Crippen LogP contribution in [0.2, 0.25) is 0 Å². The van der Waals surface area contributed by atoms with E-state index in [1.165, 1.54) is 0 Å². The third-order valence-electron chi connectivity index (χ3n) is 2.58. The molecule has 7 heteroatoms. The minimum atomic E-state index is -0.492. The summed E-state index contributed by atoms with van der Waals surface area (Å²) in [4.78, 5) is 0. The Kier molecular flexibility index (Phi) is 6.56. The van der Waals surface area contributed by atoms with Gasteiger partial charge in [-0.3, -0.25) is 5.43 Å². The van der Waals surface area contributed by atoms with E-state index < -0.39 is 5.38 Å². The minimum Gasteiger partial charge on any atom is -0.275 e. The summed E-state index contributed by atoms with van der Waals surface area (Å²) in [6, 6.07) is 13.4. The molecule has 0 aliphatic heterocycles. The molecule has 2 nitrogen and oxygen atoms in total. The molecule has 0 aliphatic carbocycles. The fourth-order valence-electron chi connectivity index (χ4n) is 1.57. The molecule has 21 heavy (non-hydrogen) atoms. The molecular weight excluding hydrogens is 507 g/mol. The summed E-state index contributed by atoms with van der Waals surface area (Å²) in [6.45, 7) is 0. The van der Waals surface area contributed by atoms with Crippen LogP contribution in [0.3, 0.4) is 0 Å². The van der Waals surface area contributed by atoms with Crippen LogP contribution in [-0.4, -0.2) is 5.17 Å². The molecule has 0 saturated heterocycles. The lowest BCUT2D eigenvalue weighted by Crippen LogP contribution is -2.03. The first kappa shape index (κ1) is 17.3. The fourth-order valence-corrected chi connectivity index (χ4v) is 4.37. The van der Waals surface area contributed by atoms with Gasteiger partial charge in [-0.2, -0.15) is 5.10 Å². The van der Waals surface area contributed by atoms with Crippen molar-refractivity contribution in [1.82, 2.24) is 0 Å². The summed E-state index contributed by atoms with van der Waals surface area (Å²) in [5.41, 5.74) is 4.58. The maximum Gasteiger partial charge on any atom is 0.148 e. The van der Waals surface area contributed by atoms with E-state index in [1.54, 1.807) is 0 Å². The average molecular weight is 516 g/mol. The number of halogens is 5. The van der Waals surface area contributed by atoms with E-state index >= 15 is 0 Å². The first-order chi connectivity index (χ1) is 9.99. The van der Waals surface area contributed by atoms with Crippen molar-refractivity contribution in [2.45, 2.75) is 5.38 Å². The highest BCUT2D eigenvalue weighted by Gasteiger charge is 2.14. The summed E-state index contributed by atoms with van der Waals surface area (Å²) in [5.74, 6) is 0. The summed E-state index contributed by atoms with van der Waals surface area (Å²) in [7, 11) is 0. The second-order valence-corrected chi connectivity index (χ2v) is 7.51. The van der Waals surface area contributed by atoms with E-state index in [4.69, 9.17) is 23.2 Å². The van der Waals surface area contributed by atoms with E-state index in [1.807, 2.05) is 42.5 Å². The number of anilines is 1. The van der Waals surface area contributed by atoms with Crippen molar-refractivity contribution in [3.05, 3.63) is 61.4 Å². The van der Waals surface area contributed by atoms with Crippen LogP contribution in [0.4, 0.5) is 5.69 Å². The third kappa shape index (κ3) is 4.70. The Morgan fingerprint density at radius 3 is 2.19 bits per heavy atom. The zero-order valence-electron chi connectivity index (χ0n) is 10.5. The van der Waals surface area contributed by atoms with Gasteiger partial charge in [0.1, 0.15) is 10.5 Å². The number of alkyl halides is 1. The molecule has 0 saturated carbocycles. The Bertz CT molecular complexity index is 640. The highest BCUT2D eigenvalue weighted by atomic mass is 79.9. The predicted octanol–water partition coefficient (Wildman–Crippen LogP) is 6.92. The van der Waals surface area contributed by atoms with Crippen LogP contribution in [0.5, 0.6) is 0 Å². The second-order valence-electron chi connectivity index (χ2n) is 4.06. The van der Waals surface area contributed by atoms with Crippen LogP contribution >= 0.6 is 71.0 Å².